The van der Waals surface area contributed by atoms with Gasteiger partial charge in [-0.3, -0.25) is 9.59 Å². The van der Waals surface area contributed by atoms with Crippen LogP contribution < -0.4 is 5.32 Å². The van der Waals surface area contributed by atoms with Crippen molar-refractivity contribution in [2.45, 2.75) is 45.2 Å². The molecule has 2 amide bonds. The number of benzene rings is 4. The van der Waals surface area contributed by atoms with Gasteiger partial charge in [0, 0.05) is 31.8 Å². The fraction of sp³-hybridized carbons (Fsp3) is 0.257. The molecule has 1 N–H and O–H groups in total. The molecular weight excluding hydrogens is 480 g/mol. The molecule has 4 aromatic rings. The van der Waals surface area contributed by atoms with Gasteiger partial charge in [-0.1, -0.05) is 135 Å². The van der Waals surface area contributed by atoms with E-state index in [0.717, 1.165) is 22.3 Å². The normalized spacial score (nSPS) is 11.8. The monoisotopic (exact) mass is 518 g/mol. The summed E-state index contributed by atoms with van der Waals surface area (Å²) >= 11 is 0. The lowest BCUT2D eigenvalue weighted by Gasteiger charge is -2.33. The summed E-state index contributed by atoms with van der Waals surface area (Å²) in [6.45, 7) is 5.07. The minimum absolute atomic E-state index is 0.0443. The quantitative estimate of drug-likeness (QED) is 0.229. The van der Waals surface area contributed by atoms with Gasteiger partial charge in [0.2, 0.25) is 11.8 Å². The summed E-state index contributed by atoms with van der Waals surface area (Å²) in [5.41, 5.74) is 4.19. The van der Waals surface area contributed by atoms with Gasteiger partial charge < -0.3 is 10.2 Å². The first-order valence-electron chi connectivity index (χ1n) is 13.8. The molecule has 4 aromatic carbocycles. The van der Waals surface area contributed by atoms with Gasteiger partial charge in [-0.25, -0.2) is 0 Å². The van der Waals surface area contributed by atoms with Crippen LogP contribution in [0.3, 0.4) is 0 Å². The van der Waals surface area contributed by atoms with Crippen LogP contribution in [0.15, 0.2) is 121 Å². The number of carbonyl (C=O) groups is 2. The average Bonchev–Trinajstić information content (AvgIpc) is 2.98. The van der Waals surface area contributed by atoms with E-state index in [-0.39, 0.29) is 24.2 Å². The van der Waals surface area contributed by atoms with Crippen LogP contribution in [0.1, 0.15) is 48.4 Å². The highest BCUT2D eigenvalue weighted by molar-refractivity contribution is 5.88. The third-order valence-electron chi connectivity index (χ3n) is 6.93. The van der Waals surface area contributed by atoms with Crippen LogP contribution in [-0.4, -0.2) is 29.3 Å². The summed E-state index contributed by atoms with van der Waals surface area (Å²) in [5, 5.41) is 3.11. The topological polar surface area (TPSA) is 49.4 Å². The van der Waals surface area contributed by atoms with Crippen LogP contribution in [0.5, 0.6) is 0 Å². The Balaban J connectivity index is 1.71. The smallest absolute Gasteiger partial charge is 0.243 e. The Labute approximate surface area is 232 Å². The van der Waals surface area contributed by atoms with Crippen molar-refractivity contribution in [3.8, 4) is 0 Å². The number of amides is 2. The van der Waals surface area contributed by atoms with E-state index < -0.39 is 6.04 Å². The predicted octanol–water partition coefficient (Wildman–Crippen LogP) is 6.62. The molecule has 4 heteroatoms. The van der Waals surface area contributed by atoms with Gasteiger partial charge in [-0.15, -0.1) is 0 Å². The highest BCUT2D eigenvalue weighted by atomic mass is 16.2. The third kappa shape index (κ3) is 8.15. The second-order valence-corrected chi connectivity index (χ2v) is 10.4. The Hall–Kier alpha value is -4.18. The lowest BCUT2D eigenvalue weighted by atomic mass is 9.87. The summed E-state index contributed by atoms with van der Waals surface area (Å²) in [7, 11) is 0. The number of nitrogens with one attached hydrogen (secondary N) is 1. The number of hydrogen-bond acceptors (Lipinski definition) is 2. The molecule has 4 rings (SSSR count). The van der Waals surface area contributed by atoms with Gasteiger partial charge in [0.05, 0.1) is 0 Å². The van der Waals surface area contributed by atoms with Gasteiger partial charge in [0.25, 0.3) is 0 Å². The first-order chi connectivity index (χ1) is 19.0. The van der Waals surface area contributed by atoms with E-state index in [2.05, 4.69) is 43.4 Å². The summed E-state index contributed by atoms with van der Waals surface area (Å²) in [5.74, 6) is 0.0319. The molecule has 0 aliphatic heterocycles. The van der Waals surface area contributed by atoms with Crippen molar-refractivity contribution in [2.24, 2.45) is 5.92 Å². The molecule has 1 atom stereocenters. The summed E-state index contributed by atoms with van der Waals surface area (Å²) < 4.78 is 0. The third-order valence-corrected chi connectivity index (χ3v) is 6.93. The second-order valence-electron chi connectivity index (χ2n) is 10.4. The molecule has 4 nitrogen and oxygen atoms in total. The molecule has 0 unspecified atom stereocenters. The second kappa shape index (κ2) is 14.1. The van der Waals surface area contributed by atoms with E-state index in [4.69, 9.17) is 0 Å². The first-order valence-corrected chi connectivity index (χ1v) is 13.8. The minimum atomic E-state index is -0.633. The molecule has 0 fully saturated rings. The Morgan fingerprint density at radius 1 is 0.667 bits per heavy atom. The molecule has 0 spiro atoms. The number of carbonyl (C=O) groups excluding carboxylic acids is 2. The molecular formula is C35H38N2O2. The Morgan fingerprint density at radius 2 is 1.13 bits per heavy atom. The lowest BCUT2D eigenvalue weighted by molar-refractivity contribution is -0.141. The molecule has 0 radical (unpaired) electrons. The molecule has 0 bridgehead atoms. The van der Waals surface area contributed by atoms with Crippen molar-refractivity contribution in [3.05, 3.63) is 144 Å². The van der Waals surface area contributed by atoms with Gasteiger partial charge in [-0.2, -0.15) is 0 Å². The number of hydrogen-bond donors (Lipinski definition) is 1. The maximum absolute atomic E-state index is 14.3. The van der Waals surface area contributed by atoms with E-state index in [9.17, 15) is 9.59 Å². The summed E-state index contributed by atoms with van der Waals surface area (Å²) in [4.78, 5) is 29.8. The van der Waals surface area contributed by atoms with Crippen LogP contribution in [0, 0.1) is 5.92 Å². The van der Waals surface area contributed by atoms with Crippen molar-refractivity contribution in [1.82, 2.24) is 10.2 Å². The Kier molecular flexibility index (Phi) is 10.1. The SMILES string of the molecule is CC(C)CNC(=O)[C@H](Cc1ccccc1)N(Cc1ccccc1)C(=O)CC(c1ccccc1)c1ccccc1. The maximum atomic E-state index is 14.3. The molecule has 0 saturated heterocycles. The van der Waals surface area contributed by atoms with Crippen molar-refractivity contribution in [2.75, 3.05) is 6.54 Å². The van der Waals surface area contributed by atoms with Crippen LogP contribution in [0.25, 0.3) is 0 Å². The van der Waals surface area contributed by atoms with E-state index in [1.165, 1.54) is 0 Å². The van der Waals surface area contributed by atoms with Crippen molar-refractivity contribution in [3.63, 3.8) is 0 Å². The summed E-state index contributed by atoms with van der Waals surface area (Å²) in [6.07, 6.45) is 0.717. The fourth-order valence-electron chi connectivity index (χ4n) is 4.85. The van der Waals surface area contributed by atoms with Gasteiger partial charge in [0.15, 0.2) is 0 Å². The fourth-order valence-corrected chi connectivity index (χ4v) is 4.85. The van der Waals surface area contributed by atoms with Crippen molar-refractivity contribution < 1.29 is 9.59 Å². The first kappa shape index (κ1) is 27.8. The molecule has 0 saturated carbocycles. The van der Waals surface area contributed by atoms with Crippen LogP contribution in [0.4, 0.5) is 0 Å². The molecule has 200 valence electrons. The summed E-state index contributed by atoms with van der Waals surface area (Å²) in [6, 6.07) is 39.6. The van der Waals surface area contributed by atoms with Gasteiger partial charge >= 0.3 is 0 Å². The lowest BCUT2D eigenvalue weighted by Crippen LogP contribution is -2.51. The number of rotatable bonds is 12. The van der Waals surface area contributed by atoms with Crippen LogP contribution >= 0.6 is 0 Å². The zero-order chi connectivity index (χ0) is 27.5. The number of nitrogens with zero attached hydrogens (tertiary/aromatic N) is 1. The van der Waals surface area contributed by atoms with Gasteiger partial charge in [-0.05, 0) is 28.2 Å². The molecule has 39 heavy (non-hydrogen) atoms. The van der Waals surface area contributed by atoms with E-state index >= 15 is 0 Å². The highest BCUT2D eigenvalue weighted by Crippen LogP contribution is 2.30. The van der Waals surface area contributed by atoms with Crippen molar-refractivity contribution >= 4 is 11.8 Å². The van der Waals surface area contributed by atoms with E-state index in [1.54, 1.807) is 4.90 Å². The zero-order valence-corrected chi connectivity index (χ0v) is 22.9. The highest BCUT2D eigenvalue weighted by Gasteiger charge is 2.32. The van der Waals surface area contributed by atoms with Crippen molar-refractivity contribution in [1.29, 1.82) is 0 Å². The molecule has 0 aliphatic rings. The van der Waals surface area contributed by atoms with Crippen LogP contribution in [0.2, 0.25) is 0 Å². The largest absolute Gasteiger partial charge is 0.354 e. The maximum Gasteiger partial charge on any atom is 0.243 e. The van der Waals surface area contributed by atoms with Crippen LogP contribution in [-0.2, 0) is 22.6 Å². The van der Waals surface area contributed by atoms with E-state index in [1.807, 2.05) is 97.1 Å². The zero-order valence-electron chi connectivity index (χ0n) is 22.9. The Morgan fingerprint density at radius 3 is 1.62 bits per heavy atom. The molecule has 0 aliphatic carbocycles. The average molecular weight is 519 g/mol. The minimum Gasteiger partial charge on any atom is -0.354 e. The Bertz CT molecular complexity index is 1250. The van der Waals surface area contributed by atoms with Gasteiger partial charge in [0.1, 0.15) is 6.04 Å². The molecule has 0 aromatic heterocycles. The predicted molar refractivity (Wildman–Crippen MR) is 158 cm³/mol. The molecule has 0 heterocycles. The van der Waals surface area contributed by atoms with E-state index in [0.29, 0.717) is 25.4 Å². The standard InChI is InChI=1S/C35H38N2O2/c1-27(2)25-36-35(39)33(23-28-15-7-3-8-16-28)37(26-29-17-9-4-10-18-29)34(38)24-32(30-19-11-5-12-20-30)31-21-13-6-14-22-31/h3-22,27,32-33H,23-26H2,1-2H3,(H,36,39)/t33-/m0/s1.